The summed E-state index contributed by atoms with van der Waals surface area (Å²) in [4.78, 5) is 49.7. The number of anilines is 2. The summed E-state index contributed by atoms with van der Waals surface area (Å²) in [5, 5.41) is 6.41. The Balaban J connectivity index is 1.04. The van der Waals surface area contributed by atoms with Gasteiger partial charge in [0, 0.05) is 35.6 Å². The van der Waals surface area contributed by atoms with Crippen LogP contribution in [0.2, 0.25) is 0 Å². The van der Waals surface area contributed by atoms with Crippen LogP contribution in [0.3, 0.4) is 0 Å². The minimum Gasteiger partial charge on any atom is -0.348 e. The average molecular weight is 769 g/mol. The van der Waals surface area contributed by atoms with Crippen molar-refractivity contribution in [3.05, 3.63) is 131 Å². The van der Waals surface area contributed by atoms with Crippen molar-refractivity contribution < 1.29 is 14.4 Å². The Morgan fingerprint density at radius 3 is 1.50 bits per heavy atom. The molecular weight excluding hydrogens is 717 g/mol. The fourth-order valence-corrected chi connectivity index (χ4v) is 7.96. The minimum atomic E-state index is -0.523. The van der Waals surface area contributed by atoms with Crippen LogP contribution in [0.5, 0.6) is 0 Å². The molecule has 2 aliphatic heterocycles. The van der Waals surface area contributed by atoms with E-state index >= 15 is 0 Å². The molecule has 290 valence electrons. The number of carbonyl (C=O) groups is 3. The number of benzene rings is 4. The third-order valence-electron chi connectivity index (χ3n) is 10.9. The van der Waals surface area contributed by atoms with Gasteiger partial charge in [-0.2, -0.15) is 0 Å². The molecule has 9 nitrogen and oxygen atoms in total. The molecule has 56 heavy (non-hydrogen) atoms. The van der Waals surface area contributed by atoms with Crippen LogP contribution >= 0.6 is 12.2 Å². The molecule has 2 fully saturated rings. The summed E-state index contributed by atoms with van der Waals surface area (Å²) in [6.07, 6.45) is 3.14. The van der Waals surface area contributed by atoms with Crippen molar-refractivity contribution in [3.8, 4) is 11.8 Å². The first-order valence-electron chi connectivity index (χ1n) is 19.6. The molecule has 2 heterocycles. The van der Waals surface area contributed by atoms with E-state index in [0.29, 0.717) is 36.7 Å². The third kappa shape index (κ3) is 9.54. The van der Waals surface area contributed by atoms with E-state index in [1.165, 1.54) is 0 Å². The zero-order valence-corrected chi connectivity index (χ0v) is 33.6. The zero-order chi connectivity index (χ0) is 39.6. The number of likely N-dealkylation sites (tertiary alicyclic amines) is 2. The lowest BCUT2D eigenvalue weighted by Crippen LogP contribution is -2.48. The third-order valence-corrected chi connectivity index (χ3v) is 11.3. The topological polar surface area (TPSA) is 88.2 Å². The van der Waals surface area contributed by atoms with Crippen molar-refractivity contribution in [3.63, 3.8) is 0 Å². The highest BCUT2D eigenvalue weighted by Gasteiger charge is 2.39. The van der Waals surface area contributed by atoms with E-state index in [4.69, 9.17) is 12.2 Å². The molecule has 0 aliphatic carbocycles. The van der Waals surface area contributed by atoms with E-state index in [9.17, 15) is 14.4 Å². The second-order valence-electron chi connectivity index (χ2n) is 14.5. The largest absolute Gasteiger partial charge is 0.348 e. The number of hydrogen-bond acceptors (Lipinski definition) is 6. The molecule has 10 heteroatoms. The lowest BCUT2D eigenvalue weighted by molar-refractivity contribution is -0.141. The quantitative estimate of drug-likeness (QED) is 0.117. The van der Waals surface area contributed by atoms with Gasteiger partial charge >= 0.3 is 0 Å². The molecule has 2 aliphatic rings. The van der Waals surface area contributed by atoms with Crippen LogP contribution in [0.15, 0.2) is 109 Å². The van der Waals surface area contributed by atoms with E-state index in [1.807, 2.05) is 140 Å². The summed E-state index contributed by atoms with van der Waals surface area (Å²) in [6, 6.07) is 33.5. The van der Waals surface area contributed by atoms with E-state index in [0.717, 1.165) is 53.7 Å². The summed E-state index contributed by atoms with van der Waals surface area (Å²) in [5.41, 5.74) is 5.08. The second kappa shape index (κ2) is 19.0. The summed E-state index contributed by atoms with van der Waals surface area (Å²) >= 11 is 5.87. The van der Waals surface area contributed by atoms with Crippen LogP contribution in [0.4, 0.5) is 11.4 Å². The number of likely N-dealkylation sites (N-methyl/N-ethyl adjacent to an activating group) is 2. The molecule has 2 unspecified atom stereocenters. The monoisotopic (exact) mass is 768 g/mol. The maximum Gasteiger partial charge on any atom is 0.247 e. The predicted molar refractivity (Wildman–Crippen MR) is 228 cm³/mol. The van der Waals surface area contributed by atoms with E-state index in [1.54, 1.807) is 4.90 Å². The van der Waals surface area contributed by atoms with Crippen LogP contribution in [0.1, 0.15) is 73.9 Å². The van der Waals surface area contributed by atoms with Crippen LogP contribution in [0.25, 0.3) is 0 Å². The Labute approximate surface area is 337 Å². The van der Waals surface area contributed by atoms with Crippen molar-refractivity contribution in [2.75, 3.05) is 50.9 Å². The summed E-state index contributed by atoms with van der Waals surface area (Å²) in [6.45, 7) is 6.79. The van der Waals surface area contributed by atoms with Crippen LogP contribution in [-0.2, 0) is 14.4 Å². The molecular formula is C46H52N6O3S. The number of thiocarbonyl (C=S) groups is 1. The van der Waals surface area contributed by atoms with Gasteiger partial charge in [-0.3, -0.25) is 24.2 Å². The molecule has 3 amide bonds. The summed E-state index contributed by atoms with van der Waals surface area (Å²) in [5.74, 6) is 6.28. The standard InChI is InChI=1S/C46H52N6O3S/c1-5-49(3)41(35-15-9-7-10-16-35)45(54)51-31-13-19-39(51)43(53)47-37-27-23-33(24-28-37)21-22-34-25-29-38(30-26-34)48-44(56)40-20-14-32-52(40)46(55)42(50(4)6-2)36-17-11-8-12-18-36/h7-12,15-18,23-30,39-42H,5-6,13-14,19-20,31-32H2,1-4H3,(H,47,53)(H,48,56)/t39-,40-,41?,42?/m0/s1. The van der Waals surface area contributed by atoms with Gasteiger partial charge in [0.2, 0.25) is 17.7 Å². The van der Waals surface area contributed by atoms with Crippen molar-refractivity contribution in [2.24, 2.45) is 0 Å². The van der Waals surface area contributed by atoms with Gasteiger partial charge < -0.3 is 20.4 Å². The number of nitrogens with one attached hydrogen (secondary N) is 2. The van der Waals surface area contributed by atoms with E-state index in [2.05, 4.69) is 34.3 Å². The molecule has 0 saturated carbocycles. The van der Waals surface area contributed by atoms with Crippen LogP contribution in [0, 0.1) is 11.8 Å². The average Bonchev–Trinajstić information content (AvgIpc) is 3.93. The van der Waals surface area contributed by atoms with Crippen LogP contribution in [-0.4, -0.2) is 94.7 Å². The van der Waals surface area contributed by atoms with Gasteiger partial charge in [-0.05, 0) is 113 Å². The van der Waals surface area contributed by atoms with Gasteiger partial charge in [0.05, 0.1) is 6.04 Å². The first kappa shape index (κ1) is 40.3. The summed E-state index contributed by atoms with van der Waals surface area (Å²) < 4.78 is 0. The lowest BCUT2D eigenvalue weighted by Gasteiger charge is -2.33. The smallest absolute Gasteiger partial charge is 0.247 e. The molecule has 0 radical (unpaired) electrons. The van der Waals surface area contributed by atoms with Crippen LogP contribution < -0.4 is 10.6 Å². The lowest BCUT2D eigenvalue weighted by atomic mass is 10.0. The normalized spacial score (nSPS) is 17.6. The SMILES string of the molecule is CCN(C)C(C(=O)N1CCC[C@H]1C(=O)Nc1ccc(C#Cc2ccc(NC(=S)[C@@H]3CCCN3C(=O)C(c3ccccc3)N(C)CC)cc2)cc1)c1ccccc1. The first-order chi connectivity index (χ1) is 27.2. The Kier molecular flexibility index (Phi) is 13.7. The Bertz CT molecular complexity index is 1890. The van der Waals surface area contributed by atoms with Gasteiger partial charge in [0.1, 0.15) is 23.1 Å². The first-order valence-corrected chi connectivity index (χ1v) is 20.0. The highest BCUT2D eigenvalue weighted by atomic mass is 32.1. The molecule has 4 aromatic rings. The number of amides is 3. The van der Waals surface area contributed by atoms with Gasteiger partial charge in [0.15, 0.2) is 0 Å². The molecule has 6 rings (SSSR count). The molecule has 2 N–H and O–H groups in total. The second-order valence-corrected chi connectivity index (χ2v) is 15.0. The molecule has 2 saturated heterocycles. The van der Waals surface area contributed by atoms with Crippen molar-refractivity contribution in [2.45, 2.75) is 63.7 Å². The van der Waals surface area contributed by atoms with Crippen molar-refractivity contribution in [1.82, 2.24) is 19.6 Å². The predicted octanol–water partition coefficient (Wildman–Crippen LogP) is 7.13. The molecule has 4 atom stereocenters. The Morgan fingerprint density at radius 1 is 0.643 bits per heavy atom. The fraction of sp³-hybridized carbons (Fsp3) is 0.348. The maximum absolute atomic E-state index is 13.9. The van der Waals surface area contributed by atoms with E-state index < -0.39 is 12.1 Å². The number of carbonyl (C=O) groups excluding carboxylic acids is 3. The maximum atomic E-state index is 13.9. The summed E-state index contributed by atoms with van der Waals surface area (Å²) in [7, 11) is 3.93. The molecule has 0 aromatic heterocycles. The highest BCUT2D eigenvalue weighted by molar-refractivity contribution is 7.80. The fourth-order valence-electron chi connectivity index (χ4n) is 7.60. The number of rotatable bonds is 12. The Hall–Kier alpha value is -5.34. The number of hydrogen-bond donors (Lipinski definition) is 2. The van der Waals surface area contributed by atoms with Gasteiger partial charge in [-0.1, -0.05) is 98.6 Å². The Morgan fingerprint density at radius 2 is 1.05 bits per heavy atom. The van der Waals surface area contributed by atoms with Crippen molar-refractivity contribution >= 4 is 46.3 Å². The van der Waals surface area contributed by atoms with Gasteiger partial charge in [-0.15, -0.1) is 0 Å². The van der Waals surface area contributed by atoms with Gasteiger partial charge in [0.25, 0.3) is 0 Å². The minimum absolute atomic E-state index is 0.0458. The van der Waals surface area contributed by atoms with E-state index in [-0.39, 0.29) is 29.8 Å². The zero-order valence-electron chi connectivity index (χ0n) is 32.8. The molecule has 0 bridgehead atoms. The molecule has 4 aromatic carbocycles. The highest BCUT2D eigenvalue weighted by Crippen LogP contribution is 2.30. The van der Waals surface area contributed by atoms with Crippen molar-refractivity contribution in [1.29, 1.82) is 0 Å². The number of nitrogens with zero attached hydrogens (tertiary/aromatic N) is 4. The molecule has 0 spiro atoms. The van der Waals surface area contributed by atoms with Gasteiger partial charge in [-0.25, -0.2) is 0 Å².